The average Bonchev–Trinajstić information content (AvgIpc) is 3.76. The van der Waals surface area contributed by atoms with Gasteiger partial charge in [-0.15, -0.1) is 0 Å². The molecule has 1 N–H and O–H groups in total. The molecule has 3 aliphatic heterocycles. The molecule has 0 spiro atoms. The minimum atomic E-state index is -0.621. The molecule has 3 aromatic rings. The Morgan fingerprint density at radius 2 is 1.73 bits per heavy atom. The predicted molar refractivity (Wildman–Crippen MR) is 180 cm³/mol. The molecule has 0 radical (unpaired) electrons. The smallest absolute Gasteiger partial charge is 0.254 e. The van der Waals surface area contributed by atoms with Crippen molar-refractivity contribution in [2.24, 2.45) is 5.92 Å². The molecule has 254 valence electrons. The van der Waals surface area contributed by atoms with Gasteiger partial charge in [-0.3, -0.25) is 9.59 Å². The third kappa shape index (κ3) is 7.55. The van der Waals surface area contributed by atoms with E-state index in [1.165, 1.54) is 37.8 Å². The van der Waals surface area contributed by atoms with Gasteiger partial charge in [0.25, 0.3) is 5.91 Å². The normalized spacial score (nSPS) is 21.6. The molecule has 9 nitrogen and oxygen atoms in total. The number of carbonyl (C=O) groups excluding carboxylic acids is 2. The van der Waals surface area contributed by atoms with Crippen LogP contribution in [0.4, 0.5) is 4.39 Å². The molecule has 1 atom stereocenters. The highest BCUT2D eigenvalue weighted by Gasteiger charge is 2.30. The Labute approximate surface area is 282 Å². The summed E-state index contributed by atoms with van der Waals surface area (Å²) in [7, 11) is 0. The summed E-state index contributed by atoms with van der Waals surface area (Å²) in [4.78, 5) is 30.3. The fraction of sp³-hybridized carbons (Fsp3) is 0.526. The van der Waals surface area contributed by atoms with Gasteiger partial charge in [0.2, 0.25) is 5.91 Å². The highest BCUT2D eigenvalue weighted by Crippen LogP contribution is 2.34. The molecular formula is C38H46FN5O4. The molecule has 10 heteroatoms. The van der Waals surface area contributed by atoms with Gasteiger partial charge in [-0.05, 0) is 93.0 Å². The van der Waals surface area contributed by atoms with Crippen LogP contribution < -0.4 is 10.1 Å². The number of carbonyl (C=O) groups is 2. The maximum absolute atomic E-state index is 15.6. The van der Waals surface area contributed by atoms with E-state index in [1.807, 2.05) is 37.3 Å². The average molecular weight is 656 g/mol. The SMILES string of the molecule is CC1CC(=O)N(Cc2cc(F)c(C(=O)NC3CCN(C4CCOCC4)CC3)cc2Oc2ccc(-c3ccc(C4CCCC4)nn3)cc2)C1. The van der Waals surface area contributed by atoms with E-state index in [0.29, 0.717) is 42.0 Å². The van der Waals surface area contributed by atoms with Crippen molar-refractivity contribution >= 4 is 11.8 Å². The predicted octanol–water partition coefficient (Wildman–Crippen LogP) is 6.47. The fourth-order valence-corrected chi connectivity index (χ4v) is 7.79. The van der Waals surface area contributed by atoms with E-state index in [2.05, 4.69) is 26.5 Å². The topological polar surface area (TPSA) is 96.9 Å². The summed E-state index contributed by atoms with van der Waals surface area (Å²) in [5, 5.41) is 12.1. The second-order valence-corrected chi connectivity index (χ2v) is 14.1. The Hall–Kier alpha value is -3.89. The van der Waals surface area contributed by atoms with Crippen molar-refractivity contribution in [2.45, 2.75) is 89.3 Å². The Bertz CT molecular complexity index is 1580. The third-order valence-corrected chi connectivity index (χ3v) is 10.6. The lowest BCUT2D eigenvalue weighted by Crippen LogP contribution is -2.49. The standard InChI is InChI=1S/C38H46FN5O4/c1-25-20-37(45)44(23-25)24-28-21-33(39)32(38(46)40-29-12-16-43(17-13-29)30-14-18-47-19-15-30)22-36(28)48-31-8-6-27(7-9-31)35-11-10-34(41-42-35)26-4-2-3-5-26/h6-11,21-22,25-26,29-30H,2-5,12-20,23-24H2,1H3,(H,40,46). The monoisotopic (exact) mass is 655 g/mol. The number of nitrogens with one attached hydrogen (secondary N) is 1. The summed E-state index contributed by atoms with van der Waals surface area (Å²) in [6.45, 7) is 6.26. The molecule has 1 aromatic heterocycles. The van der Waals surface area contributed by atoms with Gasteiger partial charge in [0.15, 0.2) is 0 Å². The molecule has 1 saturated carbocycles. The summed E-state index contributed by atoms with van der Waals surface area (Å²) < 4.78 is 27.5. The van der Waals surface area contributed by atoms with Crippen molar-refractivity contribution in [3.05, 3.63) is 71.2 Å². The van der Waals surface area contributed by atoms with Crippen LogP contribution in [0.3, 0.4) is 0 Å². The number of nitrogens with zero attached hydrogens (tertiary/aromatic N) is 4. The van der Waals surface area contributed by atoms with Crippen molar-refractivity contribution in [3.63, 3.8) is 0 Å². The van der Waals surface area contributed by atoms with Crippen LogP contribution in [0.1, 0.15) is 92.2 Å². The maximum Gasteiger partial charge on any atom is 0.254 e. The van der Waals surface area contributed by atoms with Gasteiger partial charge >= 0.3 is 0 Å². The van der Waals surface area contributed by atoms with E-state index in [9.17, 15) is 9.59 Å². The van der Waals surface area contributed by atoms with E-state index in [0.717, 1.165) is 68.9 Å². The van der Waals surface area contributed by atoms with Gasteiger partial charge in [0, 0.05) is 74.9 Å². The van der Waals surface area contributed by atoms with E-state index in [4.69, 9.17) is 9.47 Å². The van der Waals surface area contributed by atoms with Crippen LogP contribution in [0.2, 0.25) is 0 Å². The van der Waals surface area contributed by atoms with Crippen molar-refractivity contribution < 1.29 is 23.5 Å². The van der Waals surface area contributed by atoms with Crippen LogP contribution in [0, 0.1) is 11.7 Å². The maximum atomic E-state index is 15.6. The van der Waals surface area contributed by atoms with Gasteiger partial charge in [0.1, 0.15) is 17.3 Å². The number of hydrogen-bond donors (Lipinski definition) is 1. The molecule has 2 aromatic carbocycles. The number of amides is 2. The van der Waals surface area contributed by atoms with E-state index < -0.39 is 11.7 Å². The Kier molecular flexibility index (Phi) is 10.00. The molecule has 1 aliphatic carbocycles. The molecule has 2 amide bonds. The van der Waals surface area contributed by atoms with Crippen molar-refractivity contribution in [1.29, 1.82) is 0 Å². The Morgan fingerprint density at radius 3 is 2.40 bits per heavy atom. The zero-order valence-corrected chi connectivity index (χ0v) is 27.8. The molecule has 48 heavy (non-hydrogen) atoms. The zero-order chi connectivity index (χ0) is 33.0. The van der Waals surface area contributed by atoms with Crippen molar-refractivity contribution in [2.75, 3.05) is 32.8 Å². The lowest BCUT2D eigenvalue weighted by molar-refractivity contribution is -0.128. The molecule has 4 heterocycles. The lowest BCUT2D eigenvalue weighted by Gasteiger charge is -2.39. The molecule has 0 bridgehead atoms. The number of hydrogen-bond acceptors (Lipinski definition) is 7. The second kappa shape index (κ2) is 14.7. The number of benzene rings is 2. The first kappa shape index (κ1) is 32.6. The minimum absolute atomic E-state index is 0.0244. The molecule has 4 fully saturated rings. The number of halogens is 1. The van der Waals surface area contributed by atoms with Crippen molar-refractivity contribution in [3.8, 4) is 22.8 Å². The number of rotatable bonds is 9. The largest absolute Gasteiger partial charge is 0.457 e. The highest BCUT2D eigenvalue weighted by atomic mass is 19.1. The minimum Gasteiger partial charge on any atom is -0.457 e. The van der Waals surface area contributed by atoms with Crippen LogP contribution >= 0.6 is 0 Å². The molecule has 4 aliphatic rings. The lowest BCUT2D eigenvalue weighted by atomic mass is 9.99. The molecule has 7 rings (SSSR count). The summed E-state index contributed by atoms with van der Waals surface area (Å²) in [6, 6.07) is 15.0. The summed E-state index contributed by atoms with van der Waals surface area (Å²) in [5.74, 6) is 0.600. The number of ether oxygens (including phenoxy) is 2. The van der Waals surface area contributed by atoms with Gasteiger partial charge in [-0.1, -0.05) is 19.8 Å². The van der Waals surface area contributed by atoms with Gasteiger partial charge in [-0.2, -0.15) is 10.2 Å². The summed E-state index contributed by atoms with van der Waals surface area (Å²) in [5.41, 5.74) is 3.22. The number of piperidine rings is 1. The Morgan fingerprint density at radius 1 is 0.979 bits per heavy atom. The first-order chi connectivity index (χ1) is 23.4. The van der Waals surface area contributed by atoms with Crippen LogP contribution in [0.15, 0.2) is 48.5 Å². The Balaban J connectivity index is 1.06. The van der Waals surface area contributed by atoms with Gasteiger partial charge in [0.05, 0.1) is 17.0 Å². The highest BCUT2D eigenvalue weighted by molar-refractivity contribution is 5.95. The first-order valence-electron chi connectivity index (χ1n) is 17.7. The summed E-state index contributed by atoms with van der Waals surface area (Å²) in [6.07, 6.45) is 9.06. The first-order valence-corrected chi connectivity index (χ1v) is 17.7. The second-order valence-electron chi connectivity index (χ2n) is 14.1. The molecule has 3 saturated heterocycles. The van der Waals surface area contributed by atoms with Crippen LogP contribution in [0.5, 0.6) is 11.5 Å². The van der Waals surface area contributed by atoms with Crippen LogP contribution in [0.25, 0.3) is 11.3 Å². The number of likely N-dealkylation sites (tertiary alicyclic amines) is 2. The van der Waals surface area contributed by atoms with Crippen LogP contribution in [-0.2, 0) is 16.1 Å². The summed E-state index contributed by atoms with van der Waals surface area (Å²) >= 11 is 0. The number of aromatic nitrogens is 2. The van der Waals surface area contributed by atoms with Gasteiger partial charge in [-0.25, -0.2) is 4.39 Å². The van der Waals surface area contributed by atoms with E-state index in [1.54, 1.807) is 4.90 Å². The molecular weight excluding hydrogens is 609 g/mol. The van der Waals surface area contributed by atoms with Crippen molar-refractivity contribution in [1.82, 2.24) is 25.3 Å². The van der Waals surface area contributed by atoms with E-state index >= 15 is 4.39 Å². The fourth-order valence-electron chi connectivity index (χ4n) is 7.79. The quantitative estimate of drug-likeness (QED) is 0.282. The molecule has 1 unspecified atom stereocenters. The van der Waals surface area contributed by atoms with Crippen LogP contribution in [-0.4, -0.2) is 76.7 Å². The van der Waals surface area contributed by atoms with E-state index in [-0.39, 0.29) is 30.0 Å². The zero-order valence-electron chi connectivity index (χ0n) is 27.8. The third-order valence-electron chi connectivity index (χ3n) is 10.6. The van der Waals surface area contributed by atoms with Gasteiger partial charge < -0.3 is 24.6 Å².